The summed E-state index contributed by atoms with van der Waals surface area (Å²) in [6, 6.07) is 2.06. The molecule has 0 radical (unpaired) electrons. The van der Waals surface area contributed by atoms with Gasteiger partial charge in [0.15, 0.2) is 0 Å². The first-order chi connectivity index (χ1) is 9.49. The quantitative estimate of drug-likeness (QED) is 0.822. The summed E-state index contributed by atoms with van der Waals surface area (Å²) >= 11 is 0. The van der Waals surface area contributed by atoms with E-state index in [2.05, 4.69) is 16.1 Å². The lowest BCUT2D eigenvalue weighted by Gasteiger charge is -2.35. The Balaban J connectivity index is 2.07. The van der Waals surface area contributed by atoms with Gasteiger partial charge in [-0.3, -0.25) is 14.4 Å². The number of hydrogen-bond acceptors (Lipinski definition) is 4. The van der Waals surface area contributed by atoms with E-state index in [0.717, 1.165) is 43.9 Å². The van der Waals surface area contributed by atoms with Crippen LogP contribution in [0.3, 0.4) is 0 Å². The van der Waals surface area contributed by atoms with Gasteiger partial charge in [-0.05, 0) is 39.3 Å². The van der Waals surface area contributed by atoms with Crippen molar-refractivity contribution in [1.29, 1.82) is 0 Å². The molecule has 20 heavy (non-hydrogen) atoms. The lowest BCUT2D eigenvalue weighted by Crippen LogP contribution is -2.57. The summed E-state index contributed by atoms with van der Waals surface area (Å²) in [7, 11) is 1.61. The van der Waals surface area contributed by atoms with Crippen molar-refractivity contribution in [2.24, 2.45) is 5.73 Å². The molecule has 0 saturated carbocycles. The van der Waals surface area contributed by atoms with Gasteiger partial charge in [0.25, 0.3) is 0 Å². The number of nitrogens with two attached hydrogens (primary N) is 1. The lowest BCUT2D eigenvalue weighted by atomic mass is 9.96. The first-order valence-electron chi connectivity index (χ1n) is 7.04. The van der Waals surface area contributed by atoms with Crippen molar-refractivity contribution in [2.75, 3.05) is 26.8 Å². The first kappa shape index (κ1) is 15.0. The molecule has 0 spiro atoms. The highest BCUT2D eigenvalue weighted by molar-refractivity contribution is 5.85. The van der Waals surface area contributed by atoms with Gasteiger partial charge in [0, 0.05) is 19.3 Å². The van der Waals surface area contributed by atoms with E-state index in [1.54, 1.807) is 7.11 Å². The smallest absolute Gasteiger partial charge is 0.240 e. The predicted molar refractivity (Wildman–Crippen MR) is 76.3 cm³/mol. The van der Waals surface area contributed by atoms with Crippen LogP contribution in [0.5, 0.6) is 0 Å². The molecule has 1 aromatic heterocycles. The molecule has 0 bridgehead atoms. The number of primary amides is 1. The minimum atomic E-state index is -0.648. The summed E-state index contributed by atoms with van der Waals surface area (Å²) in [5.74, 6) is -0.287. The van der Waals surface area contributed by atoms with Crippen LogP contribution < -0.4 is 5.73 Å². The van der Waals surface area contributed by atoms with Crippen LogP contribution >= 0.6 is 0 Å². The Bertz CT molecular complexity index is 486. The number of aryl methyl sites for hydroxylation is 2. The molecule has 1 atom stereocenters. The Morgan fingerprint density at radius 3 is 2.80 bits per heavy atom. The maximum Gasteiger partial charge on any atom is 0.240 e. The van der Waals surface area contributed by atoms with E-state index in [0.29, 0.717) is 6.61 Å². The molecule has 1 aliphatic heterocycles. The second-order valence-electron chi connectivity index (χ2n) is 5.57. The first-order valence-corrected chi connectivity index (χ1v) is 7.04. The molecule has 1 aromatic rings. The molecule has 2 heterocycles. The van der Waals surface area contributed by atoms with Crippen LogP contribution in [0.2, 0.25) is 0 Å². The molecule has 1 aliphatic rings. The van der Waals surface area contributed by atoms with Crippen molar-refractivity contribution in [3.05, 3.63) is 17.5 Å². The summed E-state index contributed by atoms with van der Waals surface area (Å²) in [6.45, 7) is 6.79. The highest BCUT2D eigenvalue weighted by atomic mass is 16.5. The SMILES string of the molecule is COCC1(C(N)=O)CCCN1CCn1nc(C)cc1C. The van der Waals surface area contributed by atoms with Crippen LogP contribution in [0.15, 0.2) is 6.07 Å². The maximum absolute atomic E-state index is 11.9. The van der Waals surface area contributed by atoms with Gasteiger partial charge in [-0.15, -0.1) is 0 Å². The zero-order chi connectivity index (χ0) is 14.8. The molecule has 6 heteroatoms. The zero-order valence-electron chi connectivity index (χ0n) is 12.6. The number of carbonyl (C=O) groups excluding carboxylic acids is 1. The molecule has 2 rings (SSSR count). The highest BCUT2D eigenvalue weighted by Gasteiger charge is 2.45. The van der Waals surface area contributed by atoms with Crippen molar-refractivity contribution in [3.8, 4) is 0 Å². The van der Waals surface area contributed by atoms with Gasteiger partial charge in [-0.1, -0.05) is 0 Å². The molecular formula is C14H24N4O2. The van der Waals surface area contributed by atoms with Crippen molar-refractivity contribution < 1.29 is 9.53 Å². The molecule has 2 N–H and O–H groups in total. The number of ether oxygens (including phenoxy) is 1. The number of aromatic nitrogens is 2. The van der Waals surface area contributed by atoms with E-state index in [4.69, 9.17) is 10.5 Å². The number of likely N-dealkylation sites (tertiary alicyclic amines) is 1. The summed E-state index contributed by atoms with van der Waals surface area (Å²) in [4.78, 5) is 14.0. The minimum Gasteiger partial charge on any atom is -0.382 e. The molecule has 0 aromatic carbocycles. The standard InChI is InChI=1S/C14H24N4O2/c1-11-9-12(2)18(16-11)8-7-17-6-4-5-14(17,10-20-3)13(15)19/h9H,4-8,10H2,1-3H3,(H2,15,19). The van der Waals surface area contributed by atoms with E-state index < -0.39 is 5.54 Å². The molecule has 6 nitrogen and oxygen atoms in total. The van der Waals surface area contributed by atoms with Gasteiger partial charge >= 0.3 is 0 Å². The number of rotatable bonds is 6. The number of carbonyl (C=O) groups is 1. The van der Waals surface area contributed by atoms with Gasteiger partial charge < -0.3 is 10.5 Å². The summed E-state index contributed by atoms with van der Waals surface area (Å²) in [5.41, 5.74) is 7.13. The third kappa shape index (κ3) is 2.71. The maximum atomic E-state index is 11.9. The fourth-order valence-electron chi connectivity index (χ4n) is 3.13. The molecular weight excluding hydrogens is 256 g/mol. The van der Waals surface area contributed by atoms with E-state index in [-0.39, 0.29) is 5.91 Å². The molecule has 0 aliphatic carbocycles. The van der Waals surface area contributed by atoms with Crippen molar-refractivity contribution in [3.63, 3.8) is 0 Å². The van der Waals surface area contributed by atoms with Gasteiger partial charge in [0.05, 0.1) is 18.8 Å². The van der Waals surface area contributed by atoms with E-state index in [1.807, 2.05) is 18.5 Å². The van der Waals surface area contributed by atoms with E-state index >= 15 is 0 Å². The van der Waals surface area contributed by atoms with Crippen molar-refractivity contribution >= 4 is 5.91 Å². The second-order valence-corrected chi connectivity index (χ2v) is 5.57. The molecule has 1 fully saturated rings. The normalized spacial score (nSPS) is 23.4. The minimum absolute atomic E-state index is 0.287. The average molecular weight is 280 g/mol. The van der Waals surface area contributed by atoms with Crippen LogP contribution in [-0.2, 0) is 16.1 Å². The van der Waals surface area contributed by atoms with Crippen LogP contribution in [0.4, 0.5) is 0 Å². The van der Waals surface area contributed by atoms with Gasteiger partial charge in [0.1, 0.15) is 5.54 Å². The van der Waals surface area contributed by atoms with Crippen LogP contribution in [0.1, 0.15) is 24.2 Å². The van der Waals surface area contributed by atoms with Gasteiger partial charge in [-0.2, -0.15) is 5.10 Å². The summed E-state index contributed by atoms with van der Waals surface area (Å²) in [5, 5.41) is 4.45. The number of hydrogen-bond donors (Lipinski definition) is 1. The van der Waals surface area contributed by atoms with Crippen LogP contribution in [-0.4, -0.2) is 52.9 Å². The monoisotopic (exact) mass is 280 g/mol. The fraction of sp³-hybridized carbons (Fsp3) is 0.714. The van der Waals surface area contributed by atoms with Crippen LogP contribution in [0, 0.1) is 13.8 Å². The Labute approximate surface area is 119 Å². The Morgan fingerprint density at radius 2 is 2.25 bits per heavy atom. The Morgan fingerprint density at radius 1 is 1.50 bits per heavy atom. The van der Waals surface area contributed by atoms with Crippen molar-refractivity contribution in [2.45, 2.75) is 38.8 Å². The predicted octanol–water partition coefficient (Wildman–Crippen LogP) is 0.466. The third-order valence-corrected chi connectivity index (χ3v) is 4.15. The Hall–Kier alpha value is -1.40. The van der Waals surface area contributed by atoms with Crippen molar-refractivity contribution in [1.82, 2.24) is 14.7 Å². The molecule has 112 valence electrons. The number of nitrogens with zero attached hydrogens (tertiary/aromatic N) is 3. The lowest BCUT2D eigenvalue weighted by molar-refractivity contribution is -0.132. The summed E-state index contributed by atoms with van der Waals surface area (Å²) in [6.07, 6.45) is 1.75. The van der Waals surface area contributed by atoms with E-state index in [1.165, 1.54) is 0 Å². The Kier molecular flexibility index (Phi) is 4.45. The highest BCUT2D eigenvalue weighted by Crippen LogP contribution is 2.29. The number of amides is 1. The van der Waals surface area contributed by atoms with Crippen LogP contribution in [0.25, 0.3) is 0 Å². The van der Waals surface area contributed by atoms with E-state index in [9.17, 15) is 4.79 Å². The third-order valence-electron chi connectivity index (χ3n) is 4.15. The molecule has 1 unspecified atom stereocenters. The topological polar surface area (TPSA) is 73.4 Å². The average Bonchev–Trinajstić information content (AvgIpc) is 2.92. The van der Waals surface area contributed by atoms with Gasteiger partial charge in [0.2, 0.25) is 5.91 Å². The summed E-state index contributed by atoms with van der Waals surface area (Å²) < 4.78 is 7.21. The largest absolute Gasteiger partial charge is 0.382 e. The molecule has 1 amide bonds. The molecule has 1 saturated heterocycles. The fourth-order valence-corrected chi connectivity index (χ4v) is 3.13. The second kappa shape index (κ2) is 5.93. The number of methoxy groups -OCH3 is 1. The zero-order valence-corrected chi connectivity index (χ0v) is 12.6. The van der Waals surface area contributed by atoms with Gasteiger partial charge in [-0.25, -0.2) is 0 Å².